The summed E-state index contributed by atoms with van der Waals surface area (Å²) < 4.78 is 5.59. The number of carbonyl (C=O) groups is 1. The van der Waals surface area contributed by atoms with Crippen LogP contribution < -0.4 is 4.74 Å². The number of rotatable bonds is 13. The summed E-state index contributed by atoms with van der Waals surface area (Å²) in [5.41, 5.74) is 0.245. The number of unbranched alkanes of at least 4 members (excludes halogenated alkanes) is 9. The third kappa shape index (κ3) is 11.0. The van der Waals surface area contributed by atoms with Crippen molar-refractivity contribution in [2.45, 2.75) is 71.1 Å². The molecule has 0 aromatic heterocycles. The fourth-order valence-corrected chi connectivity index (χ4v) is 2.54. The largest absolute Gasteiger partial charge is 2.00 e. The van der Waals surface area contributed by atoms with E-state index in [9.17, 15) is 4.79 Å². The summed E-state index contributed by atoms with van der Waals surface area (Å²) in [4.78, 5) is 11.0. The van der Waals surface area contributed by atoms with Crippen molar-refractivity contribution in [3.05, 3.63) is 29.8 Å². The summed E-state index contributed by atoms with van der Waals surface area (Å²) in [7, 11) is 0. The van der Waals surface area contributed by atoms with Crippen LogP contribution in [-0.4, -0.2) is 55.4 Å². The first-order valence-corrected chi connectivity index (χ1v) is 8.70. The van der Waals surface area contributed by atoms with Crippen LogP contribution in [0.15, 0.2) is 24.3 Å². The Kier molecular flexibility index (Phi) is 15.1. The van der Waals surface area contributed by atoms with E-state index in [2.05, 4.69) is 6.92 Å². The number of benzene rings is 1. The molecule has 0 radical (unpaired) electrons. The summed E-state index contributed by atoms with van der Waals surface area (Å²) in [6, 6.07) is 6.83. The molecule has 0 aliphatic heterocycles. The molecule has 0 bridgehead atoms. The molecule has 1 rings (SSSR count). The van der Waals surface area contributed by atoms with E-state index < -0.39 is 5.97 Å². The predicted molar refractivity (Wildman–Crippen MR) is 98.7 cm³/mol. The minimum Gasteiger partial charge on any atom is -1.00 e. The molecule has 1 aromatic rings. The van der Waals surface area contributed by atoms with E-state index in [0.717, 1.165) is 12.8 Å². The SMILES string of the molecule is CCCCCCCCCCCCOc1ccccc1C(=O)O.[Ca+2].[H-].[H-]. The number of carboxylic acids is 1. The molecule has 1 N–H and O–H groups in total. The van der Waals surface area contributed by atoms with Gasteiger partial charge in [0.15, 0.2) is 0 Å². The summed E-state index contributed by atoms with van der Waals surface area (Å²) >= 11 is 0. The molecule has 0 heterocycles. The molecule has 1 aromatic carbocycles. The van der Waals surface area contributed by atoms with Crippen LogP contribution in [-0.2, 0) is 0 Å². The van der Waals surface area contributed by atoms with Crippen LogP contribution in [0.25, 0.3) is 0 Å². The standard InChI is InChI=1S/C19H30O3.Ca.2H/c1-2-3-4-5-6-7-8-9-10-13-16-22-18-15-12-11-14-17(18)19(20)21;;;/h11-12,14-15H,2-10,13,16H2,1H3,(H,20,21);;;/q;+2;2*-1. The van der Waals surface area contributed by atoms with Gasteiger partial charge in [-0.25, -0.2) is 4.79 Å². The van der Waals surface area contributed by atoms with E-state index in [1.807, 2.05) is 0 Å². The van der Waals surface area contributed by atoms with Gasteiger partial charge in [0.2, 0.25) is 0 Å². The van der Waals surface area contributed by atoms with Crippen LogP contribution in [0.3, 0.4) is 0 Å². The zero-order chi connectivity index (χ0) is 16.0. The van der Waals surface area contributed by atoms with Gasteiger partial charge in [0.25, 0.3) is 0 Å². The maximum absolute atomic E-state index is 11.0. The van der Waals surface area contributed by atoms with Crippen molar-refractivity contribution < 1.29 is 17.5 Å². The second kappa shape index (κ2) is 15.3. The van der Waals surface area contributed by atoms with Gasteiger partial charge in [-0.15, -0.1) is 0 Å². The molecule has 0 amide bonds. The van der Waals surface area contributed by atoms with Gasteiger partial charge in [0.1, 0.15) is 11.3 Å². The summed E-state index contributed by atoms with van der Waals surface area (Å²) in [5.74, 6) is -0.454. The van der Waals surface area contributed by atoms with E-state index in [1.165, 1.54) is 51.4 Å². The monoisotopic (exact) mass is 348 g/mol. The average Bonchev–Trinajstić information content (AvgIpc) is 2.53. The van der Waals surface area contributed by atoms with Crippen molar-refractivity contribution in [3.8, 4) is 5.75 Å². The quantitative estimate of drug-likeness (QED) is 0.377. The van der Waals surface area contributed by atoms with Crippen molar-refractivity contribution in [1.29, 1.82) is 0 Å². The first-order chi connectivity index (χ1) is 10.8. The van der Waals surface area contributed by atoms with Gasteiger partial charge in [-0.3, -0.25) is 0 Å². The van der Waals surface area contributed by atoms with E-state index >= 15 is 0 Å². The molecule has 128 valence electrons. The Morgan fingerprint density at radius 3 is 2.04 bits per heavy atom. The third-order valence-corrected chi connectivity index (χ3v) is 3.87. The first kappa shape index (κ1) is 22.7. The fraction of sp³-hybridized carbons (Fsp3) is 0.632. The van der Waals surface area contributed by atoms with Crippen LogP contribution in [0.1, 0.15) is 84.3 Å². The van der Waals surface area contributed by atoms with E-state index in [-0.39, 0.29) is 46.2 Å². The minimum absolute atomic E-state index is 0. The summed E-state index contributed by atoms with van der Waals surface area (Å²) in [5, 5.41) is 9.06. The molecule has 0 aliphatic carbocycles. The van der Waals surface area contributed by atoms with Gasteiger partial charge in [0.05, 0.1) is 6.61 Å². The van der Waals surface area contributed by atoms with E-state index in [0.29, 0.717) is 12.4 Å². The molecule has 0 unspecified atom stereocenters. The molecule has 0 atom stereocenters. The Labute approximate surface area is 173 Å². The van der Waals surface area contributed by atoms with E-state index in [1.54, 1.807) is 24.3 Å². The zero-order valence-corrected chi connectivity index (χ0v) is 16.8. The third-order valence-electron chi connectivity index (χ3n) is 3.87. The fourth-order valence-electron chi connectivity index (χ4n) is 2.54. The number of ether oxygens (including phenoxy) is 1. The van der Waals surface area contributed by atoms with Gasteiger partial charge >= 0.3 is 43.7 Å². The van der Waals surface area contributed by atoms with Crippen LogP contribution in [0.4, 0.5) is 0 Å². The van der Waals surface area contributed by atoms with Gasteiger partial charge in [-0.05, 0) is 18.6 Å². The van der Waals surface area contributed by atoms with Crippen molar-refractivity contribution in [1.82, 2.24) is 0 Å². The summed E-state index contributed by atoms with van der Waals surface area (Å²) in [6.07, 6.45) is 12.8. The smallest absolute Gasteiger partial charge is 1.00 e. The number of para-hydroxylation sites is 1. The molecule has 0 aliphatic rings. The van der Waals surface area contributed by atoms with Gasteiger partial charge in [-0.1, -0.05) is 76.8 Å². The molecule has 3 nitrogen and oxygen atoms in total. The second-order valence-corrected chi connectivity index (χ2v) is 5.83. The molecule has 0 saturated carbocycles. The predicted octanol–water partition coefficient (Wildman–Crippen LogP) is 5.53. The van der Waals surface area contributed by atoms with Crippen molar-refractivity contribution in [2.75, 3.05) is 6.61 Å². The number of carboxylic acid groups (broad SMARTS) is 1. The van der Waals surface area contributed by atoms with Crippen LogP contribution >= 0.6 is 0 Å². The Balaban J connectivity index is -0.00000161. The second-order valence-electron chi connectivity index (χ2n) is 5.83. The molecule has 0 saturated heterocycles. The molecular formula is C19H32CaO3. The average molecular weight is 349 g/mol. The molecule has 0 fully saturated rings. The van der Waals surface area contributed by atoms with Gasteiger partial charge in [0, 0.05) is 0 Å². The van der Waals surface area contributed by atoms with Gasteiger partial charge in [-0.2, -0.15) is 0 Å². The maximum Gasteiger partial charge on any atom is 2.00 e. The Morgan fingerprint density at radius 2 is 1.48 bits per heavy atom. The Bertz CT molecular complexity index is 431. The number of hydrogen-bond acceptors (Lipinski definition) is 2. The van der Waals surface area contributed by atoms with Gasteiger partial charge < -0.3 is 12.7 Å². The van der Waals surface area contributed by atoms with Crippen molar-refractivity contribution in [3.63, 3.8) is 0 Å². The van der Waals surface area contributed by atoms with Crippen molar-refractivity contribution in [2.24, 2.45) is 0 Å². The van der Waals surface area contributed by atoms with Crippen LogP contribution in [0, 0.1) is 0 Å². The van der Waals surface area contributed by atoms with E-state index in [4.69, 9.17) is 9.84 Å². The van der Waals surface area contributed by atoms with Crippen LogP contribution in [0.2, 0.25) is 0 Å². The topological polar surface area (TPSA) is 46.5 Å². The Morgan fingerprint density at radius 1 is 0.957 bits per heavy atom. The molecule has 4 heteroatoms. The molecule has 23 heavy (non-hydrogen) atoms. The number of hydrogen-bond donors (Lipinski definition) is 1. The summed E-state index contributed by atoms with van der Waals surface area (Å²) in [6.45, 7) is 2.84. The maximum atomic E-state index is 11.0. The zero-order valence-electron chi connectivity index (χ0n) is 16.6. The molecule has 0 spiro atoms. The van der Waals surface area contributed by atoms with Crippen LogP contribution in [0.5, 0.6) is 5.75 Å². The Hall–Kier alpha value is -0.250. The minimum atomic E-state index is -0.932. The number of aromatic carboxylic acids is 1. The van der Waals surface area contributed by atoms with Crippen molar-refractivity contribution >= 4 is 43.7 Å². The molecular weight excluding hydrogens is 316 g/mol. The first-order valence-electron chi connectivity index (χ1n) is 8.70. The normalized spacial score (nSPS) is 10.1.